The Hall–Kier alpha value is -3.56. The van der Waals surface area contributed by atoms with Crippen LogP contribution in [0.15, 0.2) is 95.9 Å². The van der Waals surface area contributed by atoms with Gasteiger partial charge in [0.25, 0.3) is 10.0 Å². The van der Waals surface area contributed by atoms with Gasteiger partial charge in [0.2, 0.25) is 11.8 Å². The van der Waals surface area contributed by atoms with Gasteiger partial charge in [-0.2, -0.15) is 0 Å². The SMILES string of the molecule is Cc1ccc(S(=O)(=O)N(CC(=O)N(Cc2ccc(Cl)c(Cl)c2)C(Cc2ccccc2)C(=O)NC2CCCC2)c2cc(Cl)ccc2C)cc1. The third-order valence-electron chi connectivity index (χ3n) is 8.64. The summed E-state index contributed by atoms with van der Waals surface area (Å²) in [6.45, 7) is 3.02. The Kier molecular flexibility index (Phi) is 11.7. The van der Waals surface area contributed by atoms with Crippen LogP contribution in [0, 0.1) is 13.8 Å². The number of nitrogens with one attached hydrogen (secondary N) is 1. The van der Waals surface area contributed by atoms with Crippen LogP contribution in [0.25, 0.3) is 0 Å². The second-order valence-electron chi connectivity index (χ2n) is 12.2. The van der Waals surface area contributed by atoms with Crippen molar-refractivity contribution in [1.29, 1.82) is 0 Å². The van der Waals surface area contributed by atoms with Crippen molar-refractivity contribution in [3.05, 3.63) is 128 Å². The summed E-state index contributed by atoms with van der Waals surface area (Å²) in [6.07, 6.45) is 3.98. The van der Waals surface area contributed by atoms with Gasteiger partial charge in [-0.3, -0.25) is 13.9 Å². The molecule has 7 nitrogen and oxygen atoms in total. The quantitative estimate of drug-likeness (QED) is 0.160. The maximum atomic E-state index is 14.7. The first-order chi connectivity index (χ1) is 22.9. The summed E-state index contributed by atoms with van der Waals surface area (Å²) >= 11 is 19.0. The molecular weight excluding hydrogens is 689 g/mol. The molecule has 0 bridgehead atoms. The highest BCUT2D eigenvalue weighted by Gasteiger charge is 2.36. The van der Waals surface area contributed by atoms with E-state index in [2.05, 4.69) is 5.32 Å². The van der Waals surface area contributed by atoms with Gasteiger partial charge in [0.1, 0.15) is 12.6 Å². The second-order valence-corrected chi connectivity index (χ2v) is 15.3. The third kappa shape index (κ3) is 8.72. The summed E-state index contributed by atoms with van der Waals surface area (Å²) in [6, 6.07) is 24.9. The first-order valence-electron chi connectivity index (χ1n) is 15.9. The molecule has 0 radical (unpaired) electrons. The van der Waals surface area contributed by atoms with Gasteiger partial charge in [0.05, 0.1) is 20.6 Å². The zero-order valence-corrected chi connectivity index (χ0v) is 29.9. The molecule has 1 N–H and O–H groups in total. The standard InChI is InChI=1S/C37H38Cl3N3O4S/c1-25-12-17-31(18-13-25)48(46,47)43(34-22-29(38)16-14-26(34)2)24-36(44)42(23-28-15-19-32(39)33(40)20-28)35(21-27-8-4-3-5-9-27)37(45)41-30-10-6-7-11-30/h3-5,8-9,12-20,22,30,35H,6-7,10-11,21,23-24H2,1-2H3,(H,41,45). The molecule has 1 fully saturated rings. The molecular formula is C37H38Cl3N3O4S. The molecule has 1 aliphatic carbocycles. The molecule has 5 rings (SSSR count). The number of amides is 2. The smallest absolute Gasteiger partial charge is 0.264 e. The highest BCUT2D eigenvalue weighted by atomic mass is 35.5. The first-order valence-corrected chi connectivity index (χ1v) is 18.4. The molecule has 0 saturated heterocycles. The fraction of sp³-hybridized carbons (Fsp3) is 0.297. The minimum atomic E-state index is -4.26. The lowest BCUT2D eigenvalue weighted by atomic mass is 10.0. The predicted octanol–water partition coefficient (Wildman–Crippen LogP) is 8.16. The van der Waals surface area contributed by atoms with Crippen LogP contribution < -0.4 is 9.62 Å². The lowest BCUT2D eigenvalue weighted by Crippen LogP contribution is -2.54. The molecule has 1 atom stereocenters. The van der Waals surface area contributed by atoms with Crippen LogP contribution >= 0.6 is 34.8 Å². The summed E-state index contributed by atoms with van der Waals surface area (Å²) in [7, 11) is -4.26. The van der Waals surface area contributed by atoms with Gasteiger partial charge in [-0.1, -0.05) is 108 Å². The lowest BCUT2D eigenvalue weighted by molar-refractivity contribution is -0.140. The number of halogens is 3. The average Bonchev–Trinajstić information content (AvgIpc) is 3.58. The molecule has 0 aliphatic heterocycles. The number of carbonyl (C=O) groups is 2. The van der Waals surface area contributed by atoms with E-state index in [4.69, 9.17) is 34.8 Å². The van der Waals surface area contributed by atoms with Gasteiger partial charge in [-0.15, -0.1) is 0 Å². The van der Waals surface area contributed by atoms with Crippen molar-refractivity contribution in [3.63, 3.8) is 0 Å². The van der Waals surface area contributed by atoms with E-state index in [0.717, 1.165) is 41.1 Å². The largest absolute Gasteiger partial charge is 0.352 e. The molecule has 48 heavy (non-hydrogen) atoms. The third-order valence-corrected chi connectivity index (χ3v) is 11.4. The zero-order valence-electron chi connectivity index (χ0n) is 26.8. The van der Waals surface area contributed by atoms with Crippen LogP contribution in [0.4, 0.5) is 5.69 Å². The summed E-state index contributed by atoms with van der Waals surface area (Å²) in [5.41, 5.74) is 3.25. The number of rotatable bonds is 12. The van der Waals surface area contributed by atoms with Crippen molar-refractivity contribution in [2.24, 2.45) is 0 Å². The van der Waals surface area contributed by atoms with Crippen LogP contribution in [-0.2, 0) is 32.6 Å². The number of carbonyl (C=O) groups excluding carboxylic acids is 2. The molecule has 0 aromatic heterocycles. The van der Waals surface area contributed by atoms with E-state index in [9.17, 15) is 18.0 Å². The number of benzene rings is 4. The van der Waals surface area contributed by atoms with Crippen molar-refractivity contribution in [3.8, 4) is 0 Å². The van der Waals surface area contributed by atoms with Gasteiger partial charge in [-0.25, -0.2) is 8.42 Å². The summed E-state index contributed by atoms with van der Waals surface area (Å²) in [5.74, 6) is -0.871. The molecule has 4 aromatic carbocycles. The Labute approximate surface area is 297 Å². The van der Waals surface area contributed by atoms with E-state index in [0.29, 0.717) is 26.2 Å². The highest BCUT2D eigenvalue weighted by Crippen LogP contribution is 2.31. The molecule has 0 heterocycles. The van der Waals surface area contributed by atoms with E-state index in [1.54, 1.807) is 49.4 Å². The highest BCUT2D eigenvalue weighted by molar-refractivity contribution is 7.92. The van der Waals surface area contributed by atoms with Crippen LogP contribution in [0.3, 0.4) is 0 Å². The van der Waals surface area contributed by atoms with Gasteiger partial charge in [0, 0.05) is 24.0 Å². The number of aryl methyl sites for hydroxylation is 2. The van der Waals surface area contributed by atoms with E-state index in [1.165, 1.54) is 23.1 Å². The van der Waals surface area contributed by atoms with Crippen molar-refractivity contribution < 1.29 is 18.0 Å². The monoisotopic (exact) mass is 725 g/mol. The topological polar surface area (TPSA) is 86.8 Å². The zero-order chi connectivity index (χ0) is 34.4. The van der Waals surface area contributed by atoms with Crippen molar-refractivity contribution >= 4 is 62.3 Å². The fourth-order valence-corrected chi connectivity index (χ4v) is 7.92. The number of nitrogens with zero attached hydrogens (tertiary/aromatic N) is 2. The maximum Gasteiger partial charge on any atom is 0.264 e. The van der Waals surface area contributed by atoms with Crippen molar-refractivity contribution in [2.75, 3.05) is 10.8 Å². The van der Waals surface area contributed by atoms with Gasteiger partial charge >= 0.3 is 0 Å². The van der Waals surface area contributed by atoms with E-state index in [-0.39, 0.29) is 35.5 Å². The molecule has 252 valence electrons. The predicted molar refractivity (Wildman–Crippen MR) is 193 cm³/mol. The molecule has 1 aliphatic rings. The van der Waals surface area contributed by atoms with E-state index in [1.807, 2.05) is 37.3 Å². The van der Waals surface area contributed by atoms with Crippen LogP contribution in [0.5, 0.6) is 0 Å². The molecule has 11 heteroatoms. The van der Waals surface area contributed by atoms with E-state index < -0.39 is 28.5 Å². The Bertz CT molecular complexity index is 1860. The molecule has 0 spiro atoms. The second kappa shape index (κ2) is 15.8. The Morgan fingerprint density at radius 3 is 2.19 bits per heavy atom. The number of hydrogen-bond donors (Lipinski definition) is 1. The minimum Gasteiger partial charge on any atom is -0.352 e. The van der Waals surface area contributed by atoms with E-state index >= 15 is 0 Å². The maximum absolute atomic E-state index is 14.7. The lowest BCUT2D eigenvalue weighted by Gasteiger charge is -2.34. The normalized spacial score (nSPS) is 14.0. The van der Waals surface area contributed by atoms with Crippen LogP contribution in [-0.4, -0.2) is 43.8 Å². The van der Waals surface area contributed by atoms with Crippen LogP contribution in [0.2, 0.25) is 15.1 Å². The van der Waals surface area contributed by atoms with Crippen molar-refractivity contribution in [2.45, 2.75) is 69.5 Å². The summed E-state index contributed by atoms with van der Waals surface area (Å²) < 4.78 is 29.7. The van der Waals surface area contributed by atoms with Gasteiger partial charge < -0.3 is 10.2 Å². The Morgan fingerprint density at radius 1 is 0.833 bits per heavy atom. The fourth-order valence-electron chi connectivity index (χ4n) is 5.96. The molecule has 1 saturated carbocycles. The van der Waals surface area contributed by atoms with Crippen LogP contribution in [0.1, 0.15) is 47.9 Å². The molecule has 4 aromatic rings. The number of hydrogen-bond acceptors (Lipinski definition) is 4. The van der Waals surface area contributed by atoms with Gasteiger partial charge in [0.15, 0.2) is 0 Å². The van der Waals surface area contributed by atoms with Crippen molar-refractivity contribution in [1.82, 2.24) is 10.2 Å². The number of sulfonamides is 1. The first kappa shape index (κ1) is 35.7. The summed E-state index contributed by atoms with van der Waals surface area (Å²) in [4.78, 5) is 30.4. The minimum absolute atomic E-state index is 0.00484. The number of anilines is 1. The van der Waals surface area contributed by atoms with Gasteiger partial charge in [-0.05, 0) is 79.8 Å². The molecule has 2 amide bonds. The summed E-state index contributed by atoms with van der Waals surface area (Å²) in [5, 5.41) is 4.14. The molecule has 1 unspecified atom stereocenters. The average molecular weight is 727 g/mol. The Balaban J connectivity index is 1.60. The Morgan fingerprint density at radius 2 is 1.52 bits per heavy atom.